The monoisotopic (exact) mass is 305 g/mol. The van der Waals surface area contributed by atoms with Crippen LogP contribution in [0.4, 0.5) is 0 Å². The molecule has 0 spiro atoms. The first kappa shape index (κ1) is 20.2. The van der Waals surface area contributed by atoms with E-state index in [1.54, 1.807) is 0 Å². The maximum atomic E-state index is 5.89. The SMILES string of the molecule is CCCCCCCCCCCCC1(C)CNCCO1.Cl. The maximum Gasteiger partial charge on any atom is 0.0778 e. The number of halogens is 1. The van der Waals surface area contributed by atoms with Crippen molar-refractivity contribution in [1.82, 2.24) is 5.32 Å². The molecule has 1 unspecified atom stereocenters. The van der Waals surface area contributed by atoms with Gasteiger partial charge in [0.25, 0.3) is 0 Å². The van der Waals surface area contributed by atoms with Crippen molar-refractivity contribution in [3.8, 4) is 0 Å². The second-order valence-corrected chi connectivity index (χ2v) is 6.41. The predicted molar refractivity (Wildman–Crippen MR) is 90.9 cm³/mol. The van der Waals surface area contributed by atoms with Crippen LogP contribution in [0.5, 0.6) is 0 Å². The molecule has 0 aromatic carbocycles. The van der Waals surface area contributed by atoms with Crippen LogP contribution in [-0.2, 0) is 4.74 Å². The van der Waals surface area contributed by atoms with Gasteiger partial charge < -0.3 is 10.1 Å². The molecule has 1 N–H and O–H groups in total. The Bertz CT molecular complexity index is 205. The quantitative estimate of drug-likeness (QED) is 0.536. The van der Waals surface area contributed by atoms with E-state index in [9.17, 15) is 0 Å². The lowest BCUT2D eigenvalue weighted by atomic mass is 9.96. The van der Waals surface area contributed by atoms with Gasteiger partial charge in [0, 0.05) is 13.1 Å². The highest BCUT2D eigenvalue weighted by Gasteiger charge is 2.26. The minimum absolute atomic E-state index is 0. The lowest BCUT2D eigenvalue weighted by Crippen LogP contribution is -2.47. The Kier molecular flexibility index (Phi) is 13.0. The lowest BCUT2D eigenvalue weighted by Gasteiger charge is -2.34. The molecule has 1 aliphatic rings. The van der Waals surface area contributed by atoms with E-state index in [-0.39, 0.29) is 18.0 Å². The van der Waals surface area contributed by atoms with E-state index < -0.39 is 0 Å². The minimum atomic E-state index is 0. The van der Waals surface area contributed by atoms with Gasteiger partial charge in [0.15, 0.2) is 0 Å². The van der Waals surface area contributed by atoms with Crippen molar-refractivity contribution < 1.29 is 4.74 Å². The van der Waals surface area contributed by atoms with Crippen LogP contribution in [0.25, 0.3) is 0 Å². The zero-order valence-corrected chi connectivity index (χ0v) is 14.5. The first-order valence-electron chi connectivity index (χ1n) is 8.61. The molecule has 0 bridgehead atoms. The van der Waals surface area contributed by atoms with Gasteiger partial charge in [-0.05, 0) is 13.3 Å². The summed E-state index contributed by atoms with van der Waals surface area (Å²) in [6, 6.07) is 0. The Morgan fingerprint density at radius 3 is 1.95 bits per heavy atom. The molecule has 3 heteroatoms. The highest BCUT2D eigenvalue weighted by Crippen LogP contribution is 2.21. The van der Waals surface area contributed by atoms with Crippen molar-refractivity contribution >= 4 is 12.4 Å². The Hall–Kier alpha value is 0.210. The van der Waals surface area contributed by atoms with E-state index in [1.165, 1.54) is 70.6 Å². The number of morpholine rings is 1. The van der Waals surface area contributed by atoms with Gasteiger partial charge in [-0.1, -0.05) is 71.1 Å². The summed E-state index contributed by atoms with van der Waals surface area (Å²) in [4.78, 5) is 0. The topological polar surface area (TPSA) is 21.3 Å². The molecular formula is C17H36ClNO. The average Bonchev–Trinajstić information content (AvgIpc) is 2.42. The van der Waals surface area contributed by atoms with Crippen LogP contribution in [0.1, 0.15) is 84.5 Å². The standard InChI is InChI=1S/C17H35NO.ClH/c1-3-4-5-6-7-8-9-10-11-12-13-17(2)16-18-14-15-19-17;/h18H,3-16H2,1-2H3;1H. The molecule has 0 aromatic heterocycles. The first-order chi connectivity index (χ1) is 9.27. The van der Waals surface area contributed by atoms with Crippen LogP contribution in [0.3, 0.4) is 0 Å². The highest BCUT2D eigenvalue weighted by molar-refractivity contribution is 5.85. The number of ether oxygens (including phenoxy) is 1. The maximum absolute atomic E-state index is 5.89. The summed E-state index contributed by atoms with van der Waals surface area (Å²) < 4.78 is 5.89. The molecular weight excluding hydrogens is 270 g/mol. The van der Waals surface area contributed by atoms with Gasteiger partial charge in [-0.15, -0.1) is 12.4 Å². The summed E-state index contributed by atoms with van der Waals surface area (Å²) in [6.45, 7) is 7.48. The van der Waals surface area contributed by atoms with E-state index in [1.807, 2.05) is 0 Å². The zero-order valence-electron chi connectivity index (χ0n) is 13.7. The number of unbranched alkanes of at least 4 members (excludes halogenated alkanes) is 9. The Balaban J connectivity index is 0.00000361. The van der Waals surface area contributed by atoms with Gasteiger partial charge >= 0.3 is 0 Å². The lowest BCUT2D eigenvalue weighted by molar-refractivity contribution is -0.0589. The molecule has 20 heavy (non-hydrogen) atoms. The summed E-state index contributed by atoms with van der Waals surface area (Å²) >= 11 is 0. The average molecular weight is 306 g/mol. The van der Waals surface area contributed by atoms with Crippen molar-refractivity contribution in [2.24, 2.45) is 0 Å². The fourth-order valence-electron chi connectivity index (χ4n) is 2.92. The second kappa shape index (κ2) is 12.9. The second-order valence-electron chi connectivity index (χ2n) is 6.41. The van der Waals surface area contributed by atoms with Gasteiger partial charge in [0.1, 0.15) is 0 Å². The Labute approximate surface area is 132 Å². The Morgan fingerprint density at radius 2 is 1.45 bits per heavy atom. The minimum Gasteiger partial charge on any atom is -0.373 e. The normalized spacial score (nSPS) is 22.5. The van der Waals surface area contributed by atoms with Gasteiger partial charge in [-0.25, -0.2) is 0 Å². The summed E-state index contributed by atoms with van der Waals surface area (Å²) in [5.74, 6) is 0. The van der Waals surface area contributed by atoms with Crippen LogP contribution >= 0.6 is 12.4 Å². The third-order valence-corrected chi connectivity index (χ3v) is 4.29. The van der Waals surface area contributed by atoms with E-state index in [4.69, 9.17) is 4.74 Å². The van der Waals surface area contributed by atoms with Crippen LogP contribution in [0.15, 0.2) is 0 Å². The van der Waals surface area contributed by atoms with Gasteiger partial charge in [-0.2, -0.15) is 0 Å². The number of nitrogens with one attached hydrogen (secondary N) is 1. The molecule has 1 fully saturated rings. The van der Waals surface area contributed by atoms with Crippen LogP contribution in [-0.4, -0.2) is 25.3 Å². The molecule has 1 atom stereocenters. The predicted octanol–water partition coefficient (Wildman–Crippen LogP) is 5.10. The van der Waals surface area contributed by atoms with Crippen molar-refractivity contribution in [2.75, 3.05) is 19.7 Å². The Morgan fingerprint density at radius 1 is 0.900 bits per heavy atom. The largest absolute Gasteiger partial charge is 0.373 e. The van der Waals surface area contributed by atoms with Crippen LogP contribution < -0.4 is 5.32 Å². The van der Waals surface area contributed by atoms with Crippen LogP contribution in [0, 0.1) is 0 Å². The molecule has 0 aromatic rings. The number of hydrogen-bond donors (Lipinski definition) is 1. The summed E-state index contributed by atoms with van der Waals surface area (Å²) in [5, 5.41) is 3.44. The summed E-state index contributed by atoms with van der Waals surface area (Å²) in [7, 11) is 0. The number of rotatable bonds is 11. The van der Waals surface area contributed by atoms with Crippen molar-refractivity contribution in [2.45, 2.75) is 90.1 Å². The van der Waals surface area contributed by atoms with E-state index in [0.29, 0.717) is 0 Å². The molecule has 0 amide bonds. The van der Waals surface area contributed by atoms with Crippen molar-refractivity contribution in [3.63, 3.8) is 0 Å². The molecule has 2 nitrogen and oxygen atoms in total. The highest BCUT2D eigenvalue weighted by atomic mass is 35.5. The van der Waals surface area contributed by atoms with E-state index in [2.05, 4.69) is 19.2 Å². The van der Waals surface area contributed by atoms with E-state index in [0.717, 1.165) is 19.7 Å². The molecule has 0 saturated carbocycles. The molecule has 0 radical (unpaired) electrons. The molecule has 1 aliphatic heterocycles. The smallest absolute Gasteiger partial charge is 0.0778 e. The van der Waals surface area contributed by atoms with Crippen molar-refractivity contribution in [1.29, 1.82) is 0 Å². The molecule has 1 rings (SSSR count). The molecule has 1 heterocycles. The molecule has 0 aliphatic carbocycles. The van der Waals surface area contributed by atoms with Crippen LogP contribution in [0.2, 0.25) is 0 Å². The van der Waals surface area contributed by atoms with E-state index >= 15 is 0 Å². The first-order valence-corrected chi connectivity index (χ1v) is 8.61. The third kappa shape index (κ3) is 10.0. The molecule has 1 saturated heterocycles. The third-order valence-electron chi connectivity index (χ3n) is 4.29. The summed E-state index contributed by atoms with van der Waals surface area (Å²) in [5.41, 5.74) is 0.110. The number of hydrogen-bond acceptors (Lipinski definition) is 2. The van der Waals surface area contributed by atoms with Gasteiger partial charge in [0.05, 0.1) is 12.2 Å². The fraction of sp³-hybridized carbons (Fsp3) is 1.00. The van der Waals surface area contributed by atoms with Gasteiger partial charge in [-0.3, -0.25) is 0 Å². The molecule has 122 valence electrons. The fourth-order valence-corrected chi connectivity index (χ4v) is 2.92. The zero-order chi connectivity index (χ0) is 13.8. The van der Waals surface area contributed by atoms with Gasteiger partial charge in [0.2, 0.25) is 0 Å². The summed E-state index contributed by atoms with van der Waals surface area (Å²) in [6.07, 6.45) is 15.3. The van der Waals surface area contributed by atoms with Crippen molar-refractivity contribution in [3.05, 3.63) is 0 Å².